The summed E-state index contributed by atoms with van der Waals surface area (Å²) in [6.07, 6.45) is 0. The number of amides is 1. The van der Waals surface area contributed by atoms with Crippen LogP contribution in [0, 0.1) is 0 Å². The lowest BCUT2D eigenvalue weighted by molar-refractivity contribution is 0.103. The Morgan fingerprint density at radius 1 is 1.10 bits per heavy atom. The lowest BCUT2D eigenvalue weighted by atomic mass is 10.1. The molecule has 154 valence electrons. The fourth-order valence-corrected chi connectivity index (χ4v) is 5.19. The van der Waals surface area contributed by atoms with Crippen molar-refractivity contribution in [2.24, 2.45) is 0 Å². The first-order valence-corrected chi connectivity index (χ1v) is 11.2. The number of piperazine rings is 1. The summed E-state index contributed by atoms with van der Waals surface area (Å²) in [4.78, 5) is 19.5. The van der Waals surface area contributed by atoms with Crippen molar-refractivity contribution in [2.75, 3.05) is 43.4 Å². The van der Waals surface area contributed by atoms with Crippen LogP contribution in [0.25, 0.3) is 10.4 Å². The molecule has 5 rings (SSSR count). The summed E-state index contributed by atoms with van der Waals surface area (Å²) in [5.41, 5.74) is 3.86. The number of hydrogen-bond acceptors (Lipinski definition) is 5. The standard InChI is InChI=1S/C23H22ClN3O2S/c1-26-8-10-27(11-9-26)19-7-6-16(24)13-18(19)25-23(28)21-12-15-14-29-20-5-3-2-4-17(20)22(15)30-21/h2-7,12-13H,8-11,14H2,1H3,(H,25,28). The monoisotopic (exact) mass is 439 g/mol. The summed E-state index contributed by atoms with van der Waals surface area (Å²) in [5, 5.41) is 3.71. The van der Waals surface area contributed by atoms with Crippen molar-refractivity contribution in [2.45, 2.75) is 6.61 Å². The molecule has 0 saturated carbocycles. The van der Waals surface area contributed by atoms with Gasteiger partial charge in [-0.3, -0.25) is 4.79 Å². The lowest BCUT2D eigenvalue weighted by Crippen LogP contribution is -2.44. The summed E-state index contributed by atoms with van der Waals surface area (Å²) in [5.74, 6) is 0.746. The molecule has 1 amide bonds. The van der Waals surface area contributed by atoms with Crippen LogP contribution in [0.2, 0.25) is 5.02 Å². The molecule has 2 aromatic carbocycles. The van der Waals surface area contributed by atoms with Crippen molar-refractivity contribution in [3.8, 4) is 16.2 Å². The van der Waals surface area contributed by atoms with Gasteiger partial charge in [0.05, 0.1) is 16.3 Å². The van der Waals surface area contributed by atoms with Crippen molar-refractivity contribution < 1.29 is 9.53 Å². The normalized spacial score (nSPS) is 15.9. The molecule has 0 unspecified atom stereocenters. The Labute approximate surface area is 184 Å². The summed E-state index contributed by atoms with van der Waals surface area (Å²) in [7, 11) is 2.13. The van der Waals surface area contributed by atoms with Gasteiger partial charge in [0.1, 0.15) is 12.4 Å². The molecule has 1 N–H and O–H groups in total. The lowest BCUT2D eigenvalue weighted by Gasteiger charge is -2.35. The van der Waals surface area contributed by atoms with Gasteiger partial charge >= 0.3 is 0 Å². The molecule has 7 heteroatoms. The van der Waals surface area contributed by atoms with Crippen LogP contribution in [0.4, 0.5) is 11.4 Å². The van der Waals surface area contributed by atoms with Crippen LogP contribution < -0.4 is 15.0 Å². The molecule has 1 saturated heterocycles. The van der Waals surface area contributed by atoms with Gasteiger partial charge in [-0.25, -0.2) is 0 Å². The number of benzene rings is 2. The summed E-state index contributed by atoms with van der Waals surface area (Å²) < 4.78 is 5.83. The van der Waals surface area contributed by atoms with Crippen LogP contribution >= 0.6 is 22.9 Å². The van der Waals surface area contributed by atoms with Gasteiger partial charge in [-0.1, -0.05) is 23.7 Å². The van der Waals surface area contributed by atoms with E-state index in [2.05, 4.69) is 22.2 Å². The van der Waals surface area contributed by atoms with E-state index in [0.29, 0.717) is 16.5 Å². The predicted molar refractivity (Wildman–Crippen MR) is 123 cm³/mol. The first-order valence-electron chi connectivity index (χ1n) is 9.98. The van der Waals surface area contributed by atoms with Gasteiger partial charge in [-0.15, -0.1) is 11.3 Å². The average Bonchev–Trinajstić information content (AvgIpc) is 3.20. The molecule has 0 spiro atoms. The van der Waals surface area contributed by atoms with Crippen molar-refractivity contribution >= 4 is 40.2 Å². The van der Waals surface area contributed by atoms with Gasteiger partial charge in [-0.05, 0) is 43.4 Å². The Hall–Kier alpha value is -2.54. The number of carbonyl (C=O) groups excluding carboxylic acids is 1. The Bertz CT molecular complexity index is 1110. The predicted octanol–water partition coefficient (Wildman–Crippen LogP) is 4.97. The molecule has 1 aromatic heterocycles. The molecule has 30 heavy (non-hydrogen) atoms. The molecule has 2 aliphatic rings. The number of nitrogens with one attached hydrogen (secondary N) is 1. The van der Waals surface area contributed by atoms with Crippen LogP contribution in [0.5, 0.6) is 5.75 Å². The minimum absolute atomic E-state index is 0.121. The van der Waals surface area contributed by atoms with Crippen molar-refractivity contribution in [1.29, 1.82) is 0 Å². The van der Waals surface area contributed by atoms with Gasteiger partial charge < -0.3 is 19.9 Å². The molecule has 3 heterocycles. The third kappa shape index (κ3) is 3.67. The Kier molecular flexibility index (Phi) is 5.15. The number of likely N-dealkylation sites (N-methyl/N-ethyl adjacent to an activating group) is 1. The highest BCUT2D eigenvalue weighted by molar-refractivity contribution is 7.17. The van der Waals surface area contributed by atoms with Crippen LogP contribution in [-0.2, 0) is 6.61 Å². The van der Waals surface area contributed by atoms with E-state index in [0.717, 1.165) is 59.3 Å². The molecule has 2 aliphatic heterocycles. The van der Waals surface area contributed by atoms with E-state index in [9.17, 15) is 4.79 Å². The van der Waals surface area contributed by atoms with Crippen molar-refractivity contribution in [1.82, 2.24) is 4.90 Å². The number of hydrogen-bond donors (Lipinski definition) is 1. The van der Waals surface area contributed by atoms with Gasteiger partial charge in [0.15, 0.2) is 0 Å². The molecule has 0 radical (unpaired) electrons. The van der Waals surface area contributed by atoms with Gasteiger partial charge in [-0.2, -0.15) is 0 Å². The fraction of sp³-hybridized carbons (Fsp3) is 0.261. The Morgan fingerprint density at radius 2 is 1.90 bits per heavy atom. The molecule has 0 atom stereocenters. The maximum absolute atomic E-state index is 13.1. The second-order valence-corrected chi connectivity index (χ2v) is 9.14. The molecule has 1 fully saturated rings. The minimum Gasteiger partial charge on any atom is -0.488 e. The summed E-state index contributed by atoms with van der Waals surface area (Å²) in [6.45, 7) is 4.31. The highest BCUT2D eigenvalue weighted by Gasteiger charge is 2.24. The number of halogens is 1. The number of anilines is 2. The van der Waals surface area contributed by atoms with E-state index in [1.807, 2.05) is 48.5 Å². The zero-order valence-electron chi connectivity index (χ0n) is 16.7. The number of nitrogens with zero attached hydrogens (tertiary/aromatic N) is 2. The molecular weight excluding hydrogens is 418 g/mol. The average molecular weight is 440 g/mol. The van der Waals surface area contributed by atoms with E-state index in [1.165, 1.54) is 11.3 Å². The molecule has 0 aliphatic carbocycles. The molecule has 0 bridgehead atoms. The van der Waals surface area contributed by atoms with E-state index in [4.69, 9.17) is 16.3 Å². The fourth-order valence-electron chi connectivity index (χ4n) is 3.93. The van der Waals surface area contributed by atoms with Crippen LogP contribution in [0.3, 0.4) is 0 Å². The smallest absolute Gasteiger partial charge is 0.265 e. The van der Waals surface area contributed by atoms with Crippen LogP contribution in [-0.4, -0.2) is 44.0 Å². The van der Waals surface area contributed by atoms with E-state index >= 15 is 0 Å². The molecule has 5 nitrogen and oxygen atoms in total. The second kappa shape index (κ2) is 7.95. The number of para-hydroxylation sites is 1. The van der Waals surface area contributed by atoms with E-state index < -0.39 is 0 Å². The maximum Gasteiger partial charge on any atom is 0.265 e. The number of fused-ring (bicyclic) bond motifs is 3. The highest BCUT2D eigenvalue weighted by Crippen LogP contribution is 2.42. The summed E-state index contributed by atoms with van der Waals surface area (Å²) in [6, 6.07) is 15.6. The topological polar surface area (TPSA) is 44.8 Å². The largest absolute Gasteiger partial charge is 0.488 e. The first kappa shape index (κ1) is 19.4. The third-order valence-electron chi connectivity index (χ3n) is 5.60. The number of carbonyl (C=O) groups is 1. The Balaban J connectivity index is 1.42. The zero-order chi connectivity index (χ0) is 20.7. The number of rotatable bonds is 3. The first-order chi connectivity index (χ1) is 14.6. The minimum atomic E-state index is -0.121. The second-order valence-electron chi connectivity index (χ2n) is 7.66. The maximum atomic E-state index is 13.1. The molecule has 3 aromatic rings. The molecular formula is C23H22ClN3O2S. The number of thiophene rings is 1. The van der Waals surface area contributed by atoms with Crippen LogP contribution in [0.15, 0.2) is 48.5 Å². The van der Waals surface area contributed by atoms with E-state index in [1.54, 1.807) is 0 Å². The summed E-state index contributed by atoms with van der Waals surface area (Å²) >= 11 is 7.76. The van der Waals surface area contributed by atoms with Gasteiger partial charge in [0.25, 0.3) is 5.91 Å². The van der Waals surface area contributed by atoms with E-state index in [-0.39, 0.29) is 5.91 Å². The highest BCUT2D eigenvalue weighted by atomic mass is 35.5. The SMILES string of the molecule is CN1CCN(c2ccc(Cl)cc2NC(=O)c2cc3c(s2)-c2ccccc2OC3)CC1. The van der Waals surface area contributed by atoms with Crippen molar-refractivity contribution in [3.05, 3.63) is 64.0 Å². The quantitative estimate of drug-likeness (QED) is 0.626. The Morgan fingerprint density at radius 3 is 2.73 bits per heavy atom. The zero-order valence-corrected chi connectivity index (χ0v) is 18.2. The van der Waals surface area contributed by atoms with Gasteiger partial charge in [0.2, 0.25) is 0 Å². The number of ether oxygens (including phenoxy) is 1. The van der Waals surface area contributed by atoms with Gasteiger partial charge in [0, 0.05) is 47.2 Å². The van der Waals surface area contributed by atoms with Crippen molar-refractivity contribution in [3.63, 3.8) is 0 Å². The third-order valence-corrected chi connectivity index (χ3v) is 7.04. The van der Waals surface area contributed by atoms with Crippen LogP contribution in [0.1, 0.15) is 15.2 Å².